The van der Waals surface area contributed by atoms with Crippen molar-refractivity contribution in [2.45, 2.75) is 31.6 Å². The van der Waals surface area contributed by atoms with Crippen molar-refractivity contribution in [3.8, 4) is 0 Å². The fraction of sp³-hybridized carbons (Fsp3) is 0.381. The Morgan fingerprint density at radius 3 is 2.21 bits per heavy atom. The number of nitrogens with zero attached hydrogens (tertiary/aromatic N) is 2. The second-order valence-electron chi connectivity index (χ2n) is 7.57. The Morgan fingerprint density at radius 2 is 1.64 bits per heavy atom. The number of amides is 3. The molecule has 10 nitrogen and oxygen atoms in total. The Morgan fingerprint density at radius 1 is 1.00 bits per heavy atom. The van der Waals surface area contributed by atoms with Crippen LogP contribution in [-0.4, -0.2) is 61.5 Å². The Balaban J connectivity index is 1.42. The van der Waals surface area contributed by atoms with E-state index in [4.69, 9.17) is 16.0 Å². The topological polar surface area (TPSA) is 129 Å². The van der Waals surface area contributed by atoms with Crippen LogP contribution in [0.3, 0.4) is 0 Å². The number of benzene rings is 1. The number of carbonyl (C=O) groups excluding carboxylic acids is 3. The maximum atomic E-state index is 12.7. The predicted octanol–water partition coefficient (Wildman–Crippen LogP) is 1.62. The van der Waals surface area contributed by atoms with Crippen molar-refractivity contribution in [1.82, 2.24) is 20.1 Å². The molecule has 2 aromatic rings. The number of carbonyl (C=O) groups is 3. The third-order valence-electron chi connectivity index (χ3n) is 5.21. The molecule has 2 N–H and O–H groups in total. The average Bonchev–Trinajstić information content (AvgIpc) is 3.14. The average molecular weight is 497 g/mol. The lowest BCUT2D eigenvalue weighted by Gasteiger charge is -2.34. The van der Waals surface area contributed by atoms with Gasteiger partial charge in [-0.15, -0.1) is 0 Å². The van der Waals surface area contributed by atoms with E-state index in [1.807, 2.05) is 0 Å². The van der Waals surface area contributed by atoms with Gasteiger partial charge in [-0.3, -0.25) is 25.2 Å². The molecule has 33 heavy (non-hydrogen) atoms. The molecule has 3 rings (SSSR count). The van der Waals surface area contributed by atoms with E-state index in [1.165, 1.54) is 33.5 Å². The number of halogens is 1. The van der Waals surface area contributed by atoms with E-state index < -0.39 is 21.8 Å². The molecule has 0 unspecified atom stereocenters. The molecule has 178 valence electrons. The zero-order valence-corrected chi connectivity index (χ0v) is 19.8. The Bertz CT molecular complexity index is 1140. The van der Waals surface area contributed by atoms with Crippen molar-refractivity contribution >= 4 is 39.3 Å². The molecule has 12 heteroatoms. The highest BCUT2D eigenvalue weighted by atomic mass is 35.5. The van der Waals surface area contributed by atoms with Crippen LogP contribution in [0.15, 0.2) is 39.6 Å². The quantitative estimate of drug-likeness (QED) is 0.585. The number of rotatable bonds is 6. The van der Waals surface area contributed by atoms with E-state index in [9.17, 15) is 22.8 Å². The molecular weight excluding hydrogens is 472 g/mol. The van der Waals surface area contributed by atoms with Crippen molar-refractivity contribution in [3.05, 3.63) is 52.4 Å². The number of aryl methyl sites for hydroxylation is 2. The molecule has 1 fully saturated rings. The predicted molar refractivity (Wildman–Crippen MR) is 120 cm³/mol. The summed E-state index contributed by atoms with van der Waals surface area (Å²) in [5.41, 5.74) is 4.88. The van der Waals surface area contributed by atoms with Crippen LogP contribution in [0.25, 0.3) is 0 Å². The van der Waals surface area contributed by atoms with E-state index in [-0.39, 0.29) is 49.8 Å². The third kappa shape index (κ3) is 6.12. The number of hydrogen-bond donors (Lipinski definition) is 2. The normalized spacial score (nSPS) is 14.7. The van der Waals surface area contributed by atoms with Crippen LogP contribution in [0.1, 0.15) is 34.7 Å². The first-order chi connectivity index (χ1) is 15.6. The molecule has 0 atom stereocenters. The summed E-state index contributed by atoms with van der Waals surface area (Å²) in [5, 5.41) is 0.444. The standard InChI is InChI=1S/C21H25ClN4O6S/c1-14-13-18(15(2)32-14)21(29)24-23-19(27)7-8-20(28)25-9-11-26(12-10-25)33(30,31)17-5-3-16(22)4-6-17/h3-6,13H,7-12H2,1-2H3,(H,23,27)(H,24,29). The zero-order valence-electron chi connectivity index (χ0n) is 18.3. The van der Waals surface area contributed by atoms with E-state index in [0.29, 0.717) is 22.1 Å². The van der Waals surface area contributed by atoms with E-state index in [1.54, 1.807) is 19.9 Å². The first-order valence-corrected chi connectivity index (χ1v) is 12.1. The largest absolute Gasteiger partial charge is 0.466 e. The van der Waals surface area contributed by atoms with Gasteiger partial charge in [0.25, 0.3) is 5.91 Å². The number of piperazine rings is 1. The molecule has 0 spiro atoms. The first-order valence-electron chi connectivity index (χ1n) is 10.3. The number of nitrogens with one attached hydrogen (secondary N) is 2. The maximum Gasteiger partial charge on any atom is 0.273 e. The van der Waals surface area contributed by atoms with E-state index in [0.717, 1.165) is 0 Å². The molecule has 3 amide bonds. The van der Waals surface area contributed by atoms with Gasteiger partial charge in [-0.25, -0.2) is 8.42 Å². The van der Waals surface area contributed by atoms with Gasteiger partial charge in [-0.2, -0.15) is 4.31 Å². The van der Waals surface area contributed by atoms with Crippen molar-refractivity contribution in [3.63, 3.8) is 0 Å². The van der Waals surface area contributed by atoms with Crippen molar-refractivity contribution < 1.29 is 27.2 Å². The minimum atomic E-state index is -3.67. The van der Waals surface area contributed by atoms with E-state index in [2.05, 4.69) is 10.9 Å². The fourth-order valence-corrected chi connectivity index (χ4v) is 4.97. The minimum Gasteiger partial charge on any atom is -0.466 e. The first kappa shape index (κ1) is 24.7. The highest BCUT2D eigenvalue weighted by Gasteiger charge is 2.30. The number of hydrazine groups is 1. The molecule has 0 radical (unpaired) electrons. The van der Waals surface area contributed by atoms with Crippen LogP contribution in [0.4, 0.5) is 0 Å². The highest BCUT2D eigenvalue weighted by Crippen LogP contribution is 2.20. The van der Waals surface area contributed by atoms with Gasteiger partial charge in [0, 0.05) is 44.0 Å². The Hall–Kier alpha value is -2.89. The lowest BCUT2D eigenvalue weighted by molar-refractivity contribution is -0.134. The molecule has 0 saturated carbocycles. The summed E-state index contributed by atoms with van der Waals surface area (Å²) in [4.78, 5) is 38.2. The summed E-state index contributed by atoms with van der Waals surface area (Å²) in [6.45, 7) is 4.11. The molecule has 2 heterocycles. The summed E-state index contributed by atoms with van der Waals surface area (Å²) in [6, 6.07) is 7.48. The molecule has 1 aliphatic rings. The van der Waals surface area contributed by atoms with Crippen molar-refractivity contribution in [1.29, 1.82) is 0 Å². The molecule has 1 saturated heterocycles. The van der Waals surface area contributed by atoms with Crippen LogP contribution in [0.5, 0.6) is 0 Å². The minimum absolute atomic E-state index is 0.0600. The molecule has 1 aliphatic heterocycles. The summed E-state index contributed by atoms with van der Waals surface area (Å²) in [5.74, 6) is -0.274. The van der Waals surface area contributed by atoms with Crippen LogP contribution in [0.2, 0.25) is 5.02 Å². The monoisotopic (exact) mass is 496 g/mol. The second kappa shape index (κ2) is 10.4. The summed E-state index contributed by atoms with van der Waals surface area (Å²) in [7, 11) is -3.67. The van der Waals surface area contributed by atoms with Gasteiger partial charge in [0.05, 0.1) is 10.5 Å². The van der Waals surface area contributed by atoms with Gasteiger partial charge < -0.3 is 9.32 Å². The lowest BCUT2D eigenvalue weighted by atomic mass is 10.2. The van der Waals surface area contributed by atoms with Gasteiger partial charge in [-0.05, 0) is 44.2 Å². The molecular formula is C21H25ClN4O6S. The van der Waals surface area contributed by atoms with Crippen LogP contribution in [-0.2, 0) is 19.6 Å². The Labute approximate surface area is 196 Å². The van der Waals surface area contributed by atoms with Gasteiger partial charge in [-0.1, -0.05) is 11.6 Å². The smallest absolute Gasteiger partial charge is 0.273 e. The van der Waals surface area contributed by atoms with Gasteiger partial charge in [0.1, 0.15) is 11.5 Å². The van der Waals surface area contributed by atoms with Crippen molar-refractivity contribution in [2.75, 3.05) is 26.2 Å². The zero-order chi connectivity index (χ0) is 24.2. The highest BCUT2D eigenvalue weighted by molar-refractivity contribution is 7.89. The summed E-state index contributed by atoms with van der Waals surface area (Å²) >= 11 is 5.82. The summed E-state index contributed by atoms with van der Waals surface area (Å²) in [6.07, 6.45) is -0.179. The van der Waals surface area contributed by atoms with Crippen LogP contribution < -0.4 is 10.9 Å². The molecule has 1 aromatic heterocycles. The number of hydrogen-bond acceptors (Lipinski definition) is 6. The molecule has 0 aliphatic carbocycles. The van der Waals surface area contributed by atoms with Crippen LogP contribution >= 0.6 is 11.6 Å². The third-order valence-corrected chi connectivity index (χ3v) is 7.37. The molecule has 1 aromatic carbocycles. The number of sulfonamides is 1. The Kier molecular flexibility index (Phi) is 7.77. The summed E-state index contributed by atoms with van der Waals surface area (Å²) < 4.78 is 32.1. The van der Waals surface area contributed by atoms with Crippen molar-refractivity contribution in [2.24, 2.45) is 0 Å². The van der Waals surface area contributed by atoms with Gasteiger partial charge in [0.15, 0.2) is 0 Å². The van der Waals surface area contributed by atoms with E-state index >= 15 is 0 Å². The fourth-order valence-electron chi connectivity index (χ4n) is 3.42. The second-order valence-corrected chi connectivity index (χ2v) is 9.94. The lowest BCUT2D eigenvalue weighted by Crippen LogP contribution is -2.50. The molecule has 0 bridgehead atoms. The maximum absolute atomic E-state index is 12.7. The van der Waals surface area contributed by atoms with Gasteiger partial charge >= 0.3 is 0 Å². The number of furan rings is 1. The SMILES string of the molecule is Cc1cc(C(=O)NNC(=O)CCC(=O)N2CCN(S(=O)(=O)c3ccc(Cl)cc3)CC2)c(C)o1. The van der Waals surface area contributed by atoms with Gasteiger partial charge in [0.2, 0.25) is 21.8 Å². The van der Waals surface area contributed by atoms with Crippen LogP contribution in [0, 0.1) is 13.8 Å².